The lowest BCUT2D eigenvalue weighted by molar-refractivity contribution is 0.114. The van der Waals surface area contributed by atoms with Gasteiger partial charge < -0.3 is 10.1 Å². The molecule has 1 aromatic heterocycles. The number of nitrogens with zero attached hydrogens (tertiary/aromatic N) is 2. The van der Waals surface area contributed by atoms with E-state index < -0.39 is 20.0 Å². The van der Waals surface area contributed by atoms with E-state index >= 15 is 0 Å². The lowest BCUT2D eigenvalue weighted by Crippen LogP contribution is -2.32. The van der Waals surface area contributed by atoms with Crippen LogP contribution < -0.4 is 15.2 Å². The first-order chi connectivity index (χ1) is 18.1. The highest BCUT2D eigenvalue weighted by molar-refractivity contribution is 7.89. The zero-order valence-electron chi connectivity index (χ0n) is 20.6. The molecular formula is C26H27N5O5S2. The Hall–Kier alpha value is -3.42. The number of primary sulfonamides is 1. The third-order valence-corrected chi connectivity index (χ3v) is 8.90. The van der Waals surface area contributed by atoms with Crippen LogP contribution in [0.5, 0.6) is 0 Å². The second kappa shape index (κ2) is 10.4. The van der Waals surface area contributed by atoms with Crippen molar-refractivity contribution in [3.8, 4) is 11.3 Å². The quantitative estimate of drug-likeness (QED) is 0.300. The molecule has 12 heteroatoms. The molecule has 5 rings (SSSR count). The molecule has 1 aliphatic heterocycles. The molecule has 0 unspecified atom stereocenters. The summed E-state index contributed by atoms with van der Waals surface area (Å²) in [4.78, 5) is 0.181. The number of aryl methyl sites for hydroxylation is 1. The van der Waals surface area contributed by atoms with E-state index in [1.165, 1.54) is 12.1 Å². The Morgan fingerprint density at radius 2 is 1.71 bits per heavy atom. The van der Waals surface area contributed by atoms with Gasteiger partial charge in [0.05, 0.1) is 15.9 Å². The molecule has 2 heterocycles. The van der Waals surface area contributed by atoms with Crippen molar-refractivity contribution in [2.45, 2.75) is 35.7 Å². The standard InChI is InChI=1S/C26H27N5O5S2/c1-17-8-9-18(15-24(17)38(34,35)28-16-20-5-4-14-36-20)25-22-6-2-3-7-23(22)26(31-30-25)29-19-10-12-21(13-11-19)37(27,32)33/h2-3,6-13,15,20,28H,4-5,14,16H2,1H3,(H,29,31)(H2,27,32,33)/t20-/m0/s1. The SMILES string of the molecule is Cc1ccc(-c2nnc(Nc3ccc(S(N)(=O)=O)cc3)c3ccccc23)cc1S(=O)(=O)NC[C@@H]1CCCO1. The molecule has 10 nitrogen and oxygen atoms in total. The first-order valence-corrected chi connectivity index (χ1v) is 15.0. The van der Waals surface area contributed by atoms with Crippen molar-refractivity contribution >= 4 is 42.3 Å². The number of rotatable bonds is 8. The van der Waals surface area contributed by atoms with Crippen molar-refractivity contribution in [3.05, 3.63) is 72.3 Å². The maximum absolute atomic E-state index is 13.1. The van der Waals surface area contributed by atoms with Crippen molar-refractivity contribution in [3.63, 3.8) is 0 Å². The van der Waals surface area contributed by atoms with Gasteiger partial charge in [0.2, 0.25) is 20.0 Å². The third-order valence-electron chi connectivity index (χ3n) is 6.41. The van der Waals surface area contributed by atoms with Crippen LogP contribution in [0.25, 0.3) is 22.0 Å². The Balaban J connectivity index is 1.48. The number of hydrogen-bond acceptors (Lipinski definition) is 8. The molecule has 0 radical (unpaired) electrons. The van der Waals surface area contributed by atoms with Gasteiger partial charge in [-0.2, -0.15) is 0 Å². The zero-order valence-corrected chi connectivity index (χ0v) is 22.2. The summed E-state index contributed by atoms with van der Waals surface area (Å²) >= 11 is 0. The van der Waals surface area contributed by atoms with Gasteiger partial charge in [0, 0.05) is 35.2 Å². The van der Waals surface area contributed by atoms with Gasteiger partial charge in [0.25, 0.3) is 0 Å². The van der Waals surface area contributed by atoms with Gasteiger partial charge in [-0.1, -0.05) is 36.4 Å². The van der Waals surface area contributed by atoms with E-state index in [0.717, 1.165) is 23.6 Å². The van der Waals surface area contributed by atoms with Crippen molar-refractivity contribution in [1.29, 1.82) is 0 Å². The van der Waals surface area contributed by atoms with Gasteiger partial charge in [-0.05, 0) is 55.7 Å². The lowest BCUT2D eigenvalue weighted by Gasteiger charge is -2.15. The van der Waals surface area contributed by atoms with Gasteiger partial charge in [-0.25, -0.2) is 26.7 Å². The highest BCUT2D eigenvalue weighted by atomic mass is 32.2. The average Bonchev–Trinajstić information content (AvgIpc) is 3.42. The minimum atomic E-state index is -3.80. The molecule has 4 N–H and O–H groups in total. The molecule has 0 amide bonds. The molecule has 3 aromatic carbocycles. The second-order valence-corrected chi connectivity index (χ2v) is 12.4. The lowest BCUT2D eigenvalue weighted by atomic mass is 10.0. The number of ether oxygens (including phenoxy) is 1. The first kappa shape index (κ1) is 26.2. The zero-order chi connectivity index (χ0) is 26.9. The predicted octanol–water partition coefficient (Wildman–Crippen LogP) is 3.45. The summed E-state index contributed by atoms with van der Waals surface area (Å²) in [5.74, 6) is 0.464. The maximum Gasteiger partial charge on any atom is 0.240 e. The predicted molar refractivity (Wildman–Crippen MR) is 145 cm³/mol. The van der Waals surface area contributed by atoms with Crippen LogP contribution in [0.15, 0.2) is 76.5 Å². The van der Waals surface area contributed by atoms with Crippen LogP contribution in [0.1, 0.15) is 18.4 Å². The Morgan fingerprint density at radius 1 is 0.974 bits per heavy atom. The third kappa shape index (κ3) is 5.54. The fourth-order valence-electron chi connectivity index (χ4n) is 4.40. The summed E-state index contributed by atoms with van der Waals surface area (Å²) in [5.41, 5.74) is 2.37. The Kier molecular flexibility index (Phi) is 7.16. The molecule has 0 spiro atoms. The maximum atomic E-state index is 13.1. The molecule has 1 saturated heterocycles. The second-order valence-electron chi connectivity index (χ2n) is 9.10. The molecule has 1 atom stereocenters. The molecule has 1 fully saturated rings. The van der Waals surface area contributed by atoms with Crippen LogP contribution in [-0.2, 0) is 24.8 Å². The average molecular weight is 554 g/mol. The molecule has 0 aliphatic carbocycles. The molecule has 1 aliphatic rings. The fourth-order valence-corrected chi connectivity index (χ4v) is 6.25. The number of hydrogen-bond donors (Lipinski definition) is 3. The number of nitrogens with one attached hydrogen (secondary N) is 2. The van der Waals surface area contributed by atoms with Crippen LogP contribution in [0.3, 0.4) is 0 Å². The Morgan fingerprint density at radius 3 is 2.39 bits per heavy atom. The van der Waals surface area contributed by atoms with Crippen molar-refractivity contribution < 1.29 is 21.6 Å². The normalized spacial score (nSPS) is 16.1. The van der Waals surface area contributed by atoms with E-state index in [0.29, 0.717) is 34.9 Å². The van der Waals surface area contributed by atoms with Crippen LogP contribution in [0.4, 0.5) is 11.5 Å². The van der Waals surface area contributed by atoms with E-state index in [9.17, 15) is 16.8 Å². The smallest absolute Gasteiger partial charge is 0.240 e. The summed E-state index contributed by atoms with van der Waals surface area (Å²) in [5, 5.41) is 18.7. The molecule has 0 bridgehead atoms. The largest absolute Gasteiger partial charge is 0.377 e. The van der Waals surface area contributed by atoms with Gasteiger partial charge in [-0.15, -0.1) is 10.2 Å². The monoisotopic (exact) mass is 553 g/mol. The molecule has 4 aromatic rings. The van der Waals surface area contributed by atoms with Gasteiger partial charge in [0.15, 0.2) is 5.82 Å². The summed E-state index contributed by atoms with van der Waals surface area (Å²) in [6.07, 6.45) is 1.65. The van der Waals surface area contributed by atoms with Crippen molar-refractivity contribution in [2.75, 3.05) is 18.5 Å². The summed E-state index contributed by atoms with van der Waals surface area (Å²) in [7, 11) is -7.57. The van der Waals surface area contributed by atoms with Crippen LogP contribution >= 0.6 is 0 Å². The fraction of sp³-hybridized carbons (Fsp3) is 0.231. The van der Waals surface area contributed by atoms with E-state index in [1.54, 1.807) is 31.2 Å². The topological polar surface area (TPSA) is 153 Å². The molecule has 38 heavy (non-hydrogen) atoms. The highest BCUT2D eigenvalue weighted by Gasteiger charge is 2.23. The number of sulfonamides is 2. The Labute approximate surface area is 221 Å². The number of benzene rings is 3. The number of fused-ring (bicyclic) bond motifs is 1. The first-order valence-electron chi connectivity index (χ1n) is 12.0. The molecule has 0 saturated carbocycles. The highest BCUT2D eigenvalue weighted by Crippen LogP contribution is 2.33. The molecule has 198 valence electrons. The van der Waals surface area contributed by atoms with E-state index in [1.807, 2.05) is 30.3 Å². The van der Waals surface area contributed by atoms with E-state index in [4.69, 9.17) is 9.88 Å². The minimum absolute atomic E-state index is 0.00438. The van der Waals surface area contributed by atoms with Gasteiger partial charge >= 0.3 is 0 Å². The van der Waals surface area contributed by atoms with Crippen LogP contribution in [0, 0.1) is 6.92 Å². The van der Waals surface area contributed by atoms with Crippen molar-refractivity contribution in [2.24, 2.45) is 5.14 Å². The summed E-state index contributed by atoms with van der Waals surface area (Å²) < 4.78 is 57.6. The van der Waals surface area contributed by atoms with Gasteiger partial charge in [-0.3, -0.25) is 0 Å². The minimum Gasteiger partial charge on any atom is -0.377 e. The summed E-state index contributed by atoms with van der Waals surface area (Å²) in [6.45, 7) is 2.63. The number of anilines is 2. The number of nitrogens with two attached hydrogens (primary N) is 1. The van der Waals surface area contributed by atoms with E-state index in [2.05, 4.69) is 20.2 Å². The van der Waals surface area contributed by atoms with Crippen LogP contribution in [0.2, 0.25) is 0 Å². The van der Waals surface area contributed by atoms with Crippen molar-refractivity contribution in [1.82, 2.24) is 14.9 Å². The summed E-state index contributed by atoms with van der Waals surface area (Å²) in [6, 6.07) is 18.7. The van der Waals surface area contributed by atoms with Gasteiger partial charge in [0.1, 0.15) is 5.69 Å². The number of aromatic nitrogens is 2. The molecular weight excluding hydrogens is 526 g/mol. The van der Waals surface area contributed by atoms with E-state index in [-0.39, 0.29) is 22.4 Å². The van der Waals surface area contributed by atoms with Crippen LogP contribution in [-0.4, -0.2) is 46.3 Å². The Bertz CT molecular complexity index is 1700.